The molecule has 4 rings (SSSR count). The number of carbonyl (C=O) groups excluding carboxylic acids is 1. The van der Waals surface area contributed by atoms with Crippen LogP contribution in [0.25, 0.3) is 10.4 Å². The number of hydrogen-bond acceptors (Lipinski definition) is 3. The average Bonchev–Trinajstić information content (AvgIpc) is 2.80. The van der Waals surface area contributed by atoms with Crippen molar-refractivity contribution in [1.82, 2.24) is 0 Å². The van der Waals surface area contributed by atoms with Crippen molar-refractivity contribution < 1.29 is 9.53 Å². The smallest absolute Gasteiger partial charge is 0.310 e. The molecule has 3 aromatic rings. The summed E-state index contributed by atoms with van der Waals surface area (Å²) in [5, 5.41) is 3.88. The molecule has 0 radical (unpaired) electrons. The van der Waals surface area contributed by atoms with Gasteiger partial charge in [0.25, 0.3) is 0 Å². The third kappa shape index (κ3) is 4.32. The number of ether oxygens (including phenoxy) is 1. The molecule has 1 fully saturated rings. The van der Waals surface area contributed by atoms with Crippen LogP contribution in [-0.4, -0.2) is 12.5 Å². The van der Waals surface area contributed by atoms with E-state index in [4.69, 9.17) is 10.3 Å². The van der Waals surface area contributed by atoms with Crippen LogP contribution in [0.15, 0.2) is 96.1 Å². The summed E-state index contributed by atoms with van der Waals surface area (Å²) in [5.41, 5.74) is 12.0. The Morgan fingerprint density at radius 1 is 0.903 bits per heavy atom. The molecule has 1 aliphatic rings. The van der Waals surface area contributed by atoms with Crippen LogP contribution in [0.1, 0.15) is 41.6 Å². The van der Waals surface area contributed by atoms with E-state index in [2.05, 4.69) is 10.0 Å². The maximum absolute atomic E-state index is 13.5. The third-order valence-electron chi connectivity index (χ3n) is 6.26. The lowest BCUT2D eigenvalue weighted by molar-refractivity contribution is -0.162. The zero-order chi connectivity index (χ0) is 21.6. The summed E-state index contributed by atoms with van der Waals surface area (Å²) in [4.78, 5) is 16.5. The summed E-state index contributed by atoms with van der Waals surface area (Å²) < 4.78 is 5.95. The summed E-state index contributed by atoms with van der Waals surface area (Å²) in [7, 11) is 0. The summed E-state index contributed by atoms with van der Waals surface area (Å²) in [6, 6.07) is 29.7. The molecule has 31 heavy (non-hydrogen) atoms. The highest BCUT2D eigenvalue weighted by molar-refractivity contribution is 5.77. The van der Waals surface area contributed by atoms with Gasteiger partial charge in [-0.25, -0.2) is 0 Å². The summed E-state index contributed by atoms with van der Waals surface area (Å²) in [6.45, 7) is 2.24. The van der Waals surface area contributed by atoms with Gasteiger partial charge >= 0.3 is 5.97 Å². The minimum atomic E-state index is -0.338. The summed E-state index contributed by atoms with van der Waals surface area (Å²) >= 11 is 0. The topological polar surface area (TPSA) is 75.1 Å². The van der Waals surface area contributed by atoms with E-state index in [9.17, 15) is 4.79 Å². The van der Waals surface area contributed by atoms with Crippen LogP contribution < -0.4 is 0 Å². The Morgan fingerprint density at radius 2 is 1.39 bits per heavy atom. The molecule has 3 atom stereocenters. The number of benzene rings is 3. The average molecular weight is 412 g/mol. The Hall–Kier alpha value is -3.56. The van der Waals surface area contributed by atoms with Crippen LogP contribution in [0.5, 0.6) is 0 Å². The minimum Gasteiger partial charge on any atom is -0.458 e. The van der Waals surface area contributed by atoms with E-state index >= 15 is 0 Å². The standard InChI is InChI=1S/C26H25N3O2/c1-18(19-11-5-2-6-12-19)31-26(30)25-23(20-13-7-3-8-14-20)22(17-28-29-27)24(25)21-15-9-4-10-16-21/h2-16,18,22-25H,17H2,1H3/t18-,22?,23+,24+,25?/m0/s1. The van der Waals surface area contributed by atoms with Crippen molar-refractivity contribution in [3.8, 4) is 0 Å². The van der Waals surface area contributed by atoms with Crippen LogP contribution >= 0.6 is 0 Å². The zero-order valence-electron chi connectivity index (χ0n) is 17.4. The van der Waals surface area contributed by atoms with Gasteiger partial charge in [-0.05, 0) is 35.1 Å². The molecule has 0 unspecified atom stereocenters. The van der Waals surface area contributed by atoms with Gasteiger partial charge in [-0.1, -0.05) is 96.1 Å². The Labute approximate surface area is 182 Å². The lowest BCUT2D eigenvalue weighted by Crippen LogP contribution is -2.49. The first-order valence-electron chi connectivity index (χ1n) is 10.6. The van der Waals surface area contributed by atoms with E-state index in [1.165, 1.54) is 0 Å². The number of azide groups is 1. The SMILES string of the molecule is C[C@H](OC(=O)C1[C@H](c2ccccc2)C(CN=[N+]=[N-])[C@H]1c1ccccc1)c1ccccc1. The fourth-order valence-electron chi connectivity index (χ4n) is 4.79. The van der Waals surface area contributed by atoms with Gasteiger partial charge in [0.1, 0.15) is 6.10 Å². The number of rotatable bonds is 7. The van der Waals surface area contributed by atoms with Crippen molar-refractivity contribution in [2.45, 2.75) is 24.9 Å². The van der Waals surface area contributed by atoms with Crippen molar-refractivity contribution in [3.05, 3.63) is 118 Å². The molecule has 0 saturated heterocycles. The Morgan fingerprint density at radius 3 is 1.87 bits per heavy atom. The van der Waals surface area contributed by atoms with E-state index in [1.54, 1.807) is 0 Å². The van der Waals surface area contributed by atoms with Gasteiger partial charge in [-0.2, -0.15) is 0 Å². The normalized spacial score (nSPS) is 23.1. The first kappa shape index (κ1) is 20.7. The highest BCUT2D eigenvalue weighted by Crippen LogP contribution is 2.58. The van der Waals surface area contributed by atoms with Crippen molar-refractivity contribution in [2.75, 3.05) is 6.54 Å². The maximum atomic E-state index is 13.5. The second-order valence-electron chi connectivity index (χ2n) is 7.97. The number of nitrogens with zero attached hydrogens (tertiary/aromatic N) is 3. The molecule has 156 valence electrons. The molecule has 0 N–H and O–H groups in total. The number of carbonyl (C=O) groups is 1. The quantitative estimate of drug-likeness (QED) is 0.195. The Balaban J connectivity index is 1.67. The molecule has 0 aliphatic heterocycles. The Bertz CT molecular complexity index is 1000. The summed E-state index contributed by atoms with van der Waals surface area (Å²) in [6.07, 6.45) is -0.335. The predicted molar refractivity (Wildman–Crippen MR) is 120 cm³/mol. The first-order valence-corrected chi connectivity index (χ1v) is 10.6. The molecule has 0 aromatic heterocycles. The molecule has 1 aliphatic carbocycles. The second-order valence-corrected chi connectivity index (χ2v) is 7.97. The van der Waals surface area contributed by atoms with Crippen molar-refractivity contribution in [1.29, 1.82) is 0 Å². The predicted octanol–water partition coefficient (Wildman–Crippen LogP) is 6.41. The molecule has 3 aromatic carbocycles. The fraction of sp³-hybridized carbons (Fsp3) is 0.269. The van der Waals surface area contributed by atoms with Gasteiger partial charge in [-0.15, -0.1) is 0 Å². The molecular formula is C26H25N3O2. The highest BCUT2D eigenvalue weighted by atomic mass is 16.5. The van der Waals surface area contributed by atoms with Gasteiger partial charge in [-0.3, -0.25) is 4.79 Å². The van der Waals surface area contributed by atoms with Gasteiger partial charge < -0.3 is 4.74 Å². The molecule has 5 heteroatoms. The maximum Gasteiger partial charge on any atom is 0.310 e. The van der Waals surface area contributed by atoms with Crippen LogP contribution in [-0.2, 0) is 9.53 Å². The van der Waals surface area contributed by atoms with E-state index in [0.717, 1.165) is 16.7 Å². The monoisotopic (exact) mass is 411 g/mol. The first-order chi connectivity index (χ1) is 15.2. The van der Waals surface area contributed by atoms with Gasteiger partial charge in [0.15, 0.2) is 0 Å². The lowest BCUT2D eigenvalue weighted by atomic mass is 9.52. The van der Waals surface area contributed by atoms with Gasteiger partial charge in [0, 0.05) is 23.3 Å². The molecule has 1 saturated carbocycles. The lowest BCUT2D eigenvalue weighted by Gasteiger charge is -2.51. The Kier molecular flexibility index (Phi) is 6.34. The molecule has 0 bridgehead atoms. The van der Waals surface area contributed by atoms with Crippen LogP contribution in [0.4, 0.5) is 0 Å². The van der Waals surface area contributed by atoms with E-state index < -0.39 is 0 Å². The van der Waals surface area contributed by atoms with Crippen molar-refractivity contribution in [3.63, 3.8) is 0 Å². The highest BCUT2D eigenvalue weighted by Gasteiger charge is 2.55. The van der Waals surface area contributed by atoms with Gasteiger partial charge in [0.05, 0.1) is 5.92 Å². The zero-order valence-corrected chi connectivity index (χ0v) is 17.4. The number of hydrogen-bond donors (Lipinski definition) is 0. The van der Waals surface area contributed by atoms with Crippen molar-refractivity contribution >= 4 is 5.97 Å². The molecule has 0 amide bonds. The van der Waals surface area contributed by atoms with Crippen LogP contribution in [0.3, 0.4) is 0 Å². The minimum absolute atomic E-state index is 0.0327. The number of esters is 1. The van der Waals surface area contributed by atoms with Gasteiger partial charge in [0.2, 0.25) is 0 Å². The molecule has 0 heterocycles. The van der Waals surface area contributed by atoms with Crippen molar-refractivity contribution in [2.24, 2.45) is 17.0 Å². The fourth-order valence-corrected chi connectivity index (χ4v) is 4.79. The van der Waals surface area contributed by atoms with E-state index in [0.29, 0.717) is 6.54 Å². The second kappa shape index (κ2) is 9.50. The molecule has 5 nitrogen and oxygen atoms in total. The van der Waals surface area contributed by atoms with E-state index in [1.807, 2.05) is 97.9 Å². The van der Waals surface area contributed by atoms with E-state index in [-0.39, 0.29) is 35.7 Å². The largest absolute Gasteiger partial charge is 0.458 e. The molecular weight excluding hydrogens is 386 g/mol. The summed E-state index contributed by atoms with van der Waals surface area (Å²) in [5.74, 6) is -0.642. The van der Waals surface area contributed by atoms with Crippen LogP contribution in [0, 0.1) is 11.8 Å². The third-order valence-corrected chi connectivity index (χ3v) is 6.26. The van der Waals surface area contributed by atoms with Crippen LogP contribution in [0.2, 0.25) is 0 Å². The molecule has 0 spiro atoms.